The summed E-state index contributed by atoms with van der Waals surface area (Å²) < 4.78 is 23.7. The maximum atomic E-state index is 11.3. The van der Waals surface area contributed by atoms with Gasteiger partial charge in [0.05, 0.1) is 18.1 Å². The minimum absolute atomic E-state index is 0.227. The van der Waals surface area contributed by atoms with Gasteiger partial charge in [-0.1, -0.05) is 13.8 Å². The Labute approximate surface area is 90.2 Å². The normalized spacial score (nSPS) is 11.8. The van der Waals surface area contributed by atoms with E-state index in [2.05, 4.69) is 9.97 Å². The topological polar surface area (TPSA) is 63.2 Å². The van der Waals surface area contributed by atoms with Crippen molar-refractivity contribution >= 4 is 15.8 Å². The van der Waals surface area contributed by atoms with Crippen LogP contribution in [-0.4, -0.2) is 31.7 Å². The Morgan fingerprint density at radius 2 is 1.93 bits per heavy atom. The standard InChI is InChI=1S/C9H15N3O2S/c1-7(2)8-5-10-6-9(11-8)12(3)15(4,13)14/h5-7H,1-4H3. The largest absolute Gasteiger partial charge is 0.259 e. The van der Waals surface area contributed by atoms with Gasteiger partial charge in [0.15, 0.2) is 5.82 Å². The minimum atomic E-state index is -3.27. The van der Waals surface area contributed by atoms with E-state index in [0.717, 1.165) is 16.3 Å². The quantitative estimate of drug-likeness (QED) is 0.775. The number of anilines is 1. The Balaban J connectivity index is 3.11. The molecule has 0 bridgehead atoms. The van der Waals surface area contributed by atoms with Gasteiger partial charge in [0.1, 0.15) is 0 Å². The highest BCUT2D eigenvalue weighted by Gasteiger charge is 2.14. The number of aromatic nitrogens is 2. The Bertz CT molecular complexity index is 442. The van der Waals surface area contributed by atoms with Crippen LogP contribution in [0.15, 0.2) is 12.4 Å². The van der Waals surface area contributed by atoms with Crippen LogP contribution in [0, 0.1) is 0 Å². The molecule has 1 rings (SSSR count). The molecule has 0 amide bonds. The molecule has 0 fully saturated rings. The van der Waals surface area contributed by atoms with E-state index in [1.165, 1.54) is 13.2 Å². The lowest BCUT2D eigenvalue weighted by molar-refractivity contribution is 0.599. The van der Waals surface area contributed by atoms with E-state index in [-0.39, 0.29) is 5.92 Å². The zero-order valence-corrected chi connectivity index (χ0v) is 10.1. The molecule has 1 heterocycles. The van der Waals surface area contributed by atoms with Crippen LogP contribution >= 0.6 is 0 Å². The molecular weight excluding hydrogens is 214 g/mol. The van der Waals surface area contributed by atoms with Crippen LogP contribution in [-0.2, 0) is 10.0 Å². The van der Waals surface area contributed by atoms with Crippen LogP contribution in [0.5, 0.6) is 0 Å². The highest BCUT2D eigenvalue weighted by atomic mass is 32.2. The molecule has 0 aliphatic rings. The molecule has 0 radical (unpaired) electrons. The zero-order chi connectivity index (χ0) is 11.6. The van der Waals surface area contributed by atoms with Crippen molar-refractivity contribution in [1.29, 1.82) is 0 Å². The lowest BCUT2D eigenvalue weighted by Gasteiger charge is -2.16. The lowest BCUT2D eigenvalue weighted by atomic mass is 10.1. The number of hydrogen-bond donors (Lipinski definition) is 0. The van der Waals surface area contributed by atoms with E-state index in [1.807, 2.05) is 13.8 Å². The predicted octanol–water partition coefficient (Wildman–Crippen LogP) is 0.996. The van der Waals surface area contributed by atoms with Crippen molar-refractivity contribution in [2.75, 3.05) is 17.6 Å². The Morgan fingerprint density at radius 3 is 2.40 bits per heavy atom. The zero-order valence-electron chi connectivity index (χ0n) is 9.30. The number of sulfonamides is 1. The second-order valence-corrected chi connectivity index (χ2v) is 5.70. The van der Waals surface area contributed by atoms with E-state index in [0.29, 0.717) is 5.82 Å². The first kappa shape index (κ1) is 11.9. The predicted molar refractivity (Wildman–Crippen MR) is 59.4 cm³/mol. The Hall–Kier alpha value is -1.17. The van der Waals surface area contributed by atoms with Crippen molar-refractivity contribution in [1.82, 2.24) is 9.97 Å². The summed E-state index contributed by atoms with van der Waals surface area (Å²) >= 11 is 0. The molecule has 0 saturated carbocycles. The smallest absolute Gasteiger partial charge is 0.233 e. The molecule has 0 atom stereocenters. The molecule has 5 nitrogen and oxygen atoms in total. The Kier molecular flexibility index (Phi) is 3.28. The average Bonchev–Trinajstić information content (AvgIpc) is 2.15. The van der Waals surface area contributed by atoms with E-state index in [9.17, 15) is 8.42 Å². The summed E-state index contributed by atoms with van der Waals surface area (Å²) in [5.41, 5.74) is 0.781. The number of rotatable bonds is 3. The third kappa shape index (κ3) is 2.89. The van der Waals surface area contributed by atoms with Crippen molar-refractivity contribution in [2.45, 2.75) is 19.8 Å². The molecule has 0 aliphatic heterocycles. The summed E-state index contributed by atoms with van der Waals surface area (Å²) in [5, 5.41) is 0. The van der Waals surface area contributed by atoms with Crippen LogP contribution in [0.2, 0.25) is 0 Å². The molecule has 0 aromatic carbocycles. The molecule has 0 spiro atoms. The molecule has 15 heavy (non-hydrogen) atoms. The van der Waals surface area contributed by atoms with Crippen LogP contribution in [0.3, 0.4) is 0 Å². The van der Waals surface area contributed by atoms with E-state index >= 15 is 0 Å². The fraction of sp³-hybridized carbons (Fsp3) is 0.556. The van der Waals surface area contributed by atoms with Crippen LogP contribution < -0.4 is 4.31 Å². The van der Waals surface area contributed by atoms with Crippen LogP contribution in [0.4, 0.5) is 5.82 Å². The van der Waals surface area contributed by atoms with Crippen LogP contribution in [0.25, 0.3) is 0 Å². The molecule has 1 aromatic heterocycles. The molecule has 0 unspecified atom stereocenters. The van der Waals surface area contributed by atoms with Gasteiger partial charge >= 0.3 is 0 Å². The summed E-state index contributed by atoms with van der Waals surface area (Å²) in [6.45, 7) is 3.96. The first-order valence-electron chi connectivity index (χ1n) is 4.58. The molecular formula is C9H15N3O2S. The molecule has 6 heteroatoms. The molecule has 1 aromatic rings. The van der Waals surface area contributed by atoms with Crippen molar-refractivity contribution < 1.29 is 8.42 Å². The molecule has 84 valence electrons. The number of hydrogen-bond acceptors (Lipinski definition) is 4. The van der Waals surface area contributed by atoms with E-state index in [1.54, 1.807) is 6.20 Å². The fourth-order valence-electron chi connectivity index (χ4n) is 0.970. The van der Waals surface area contributed by atoms with Gasteiger partial charge < -0.3 is 0 Å². The summed E-state index contributed by atoms with van der Waals surface area (Å²) in [5.74, 6) is 0.578. The van der Waals surface area contributed by atoms with E-state index in [4.69, 9.17) is 0 Å². The van der Waals surface area contributed by atoms with Gasteiger partial charge in [0.2, 0.25) is 10.0 Å². The Morgan fingerprint density at radius 1 is 1.33 bits per heavy atom. The van der Waals surface area contributed by atoms with Crippen molar-refractivity contribution in [3.05, 3.63) is 18.1 Å². The van der Waals surface area contributed by atoms with Crippen LogP contribution in [0.1, 0.15) is 25.5 Å². The first-order valence-corrected chi connectivity index (χ1v) is 6.43. The highest BCUT2D eigenvalue weighted by Crippen LogP contribution is 2.15. The van der Waals surface area contributed by atoms with Crippen molar-refractivity contribution in [2.24, 2.45) is 0 Å². The summed E-state index contributed by atoms with van der Waals surface area (Å²) in [7, 11) is -1.81. The number of nitrogens with zero attached hydrogens (tertiary/aromatic N) is 3. The SMILES string of the molecule is CC(C)c1cncc(N(C)S(C)(=O)=O)n1. The van der Waals surface area contributed by atoms with E-state index < -0.39 is 10.0 Å². The van der Waals surface area contributed by atoms with Gasteiger partial charge in [-0.2, -0.15) is 0 Å². The minimum Gasteiger partial charge on any atom is -0.259 e. The fourth-order valence-corrected chi connectivity index (χ4v) is 1.40. The maximum absolute atomic E-state index is 11.3. The lowest BCUT2D eigenvalue weighted by Crippen LogP contribution is -2.26. The molecule has 0 N–H and O–H groups in total. The summed E-state index contributed by atoms with van der Waals surface area (Å²) in [6, 6.07) is 0. The second kappa shape index (κ2) is 4.14. The molecule has 0 saturated heterocycles. The van der Waals surface area contributed by atoms with Gasteiger partial charge in [-0.15, -0.1) is 0 Å². The first-order chi connectivity index (χ1) is 6.82. The molecule has 0 aliphatic carbocycles. The monoisotopic (exact) mass is 229 g/mol. The maximum Gasteiger partial charge on any atom is 0.233 e. The van der Waals surface area contributed by atoms with Gasteiger partial charge in [0.25, 0.3) is 0 Å². The summed E-state index contributed by atoms with van der Waals surface area (Å²) in [4.78, 5) is 8.19. The summed E-state index contributed by atoms with van der Waals surface area (Å²) in [6.07, 6.45) is 4.22. The van der Waals surface area contributed by atoms with Gasteiger partial charge in [-0.3, -0.25) is 9.29 Å². The third-order valence-electron chi connectivity index (χ3n) is 2.05. The van der Waals surface area contributed by atoms with Gasteiger partial charge in [-0.25, -0.2) is 13.4 Å². The highest BCUT2D eigenvalue weighted by molar-refractivity contribution is 7.92. The van der Waals surface area contributed by atoms with Crippen molar-refractivity contribution in [3.63, 3.8) is 0 Å². The van der Waals surface area contributed by atoms with Crippen molar-refractivity contribution in [3.8, 4) is 0 Å². The van der Waals surface area contributed by atoms with Gasteiger partial charge in [0, 0.05) is 13.2 Å². The second-order valence-electron chi connectivity index (χ2n) is 3.69. The van der Waals surface area contributed by atoms with Gasteiger partial charge in [-0.05, 0) is 5.92 Å². The average molecular weight is 229 g/mol. The third-order valence-corrected chi connectivity index (χ3v) is 3.23.